The molecule has 0 spiro atoms. The molecule has 3 saturated carbocycles. The van der Waals surface area contributed by atoms with Gasteiger partial charge in [-0.25, -0.2) is 0 Å². The zero-order chi connectivity index (χ0) is 46.4. The van der Waals surface area contributed by atoms with E-state index in [0.29, 0.717) is 35.0 Å². The van der Waals surface area contributed by atoms with Gasteiger partial charge in [0.1, 0.15) is 0 Å². The second-order valence-corrected chi connectivity index (χ2v) is 16.7. The van der Waals surface area contributed by atoms with Crippen LogP contribution < -0.4 is 27.0 Å². The van der Waals surface area contributed by atoms with Crippen molar-refractivity contribution in [1.82, 2.24) is 21.3 Å². The van der Waals surface area contributed by atoms with Gasteiger partial charge in [-0.3, -0.25) is 0 Å². The van der Waals surface area contributed by atoms with Gasteiger partial charge in [-0.2, -0.15) is 0 Å². The molecule has 6 unspecified atom stereocenters. The van der Waals surface area contributed by atoms with Gasteiger partial charge >= 0.3 is 0 Å². The predicted octanol–water partition coefficient (Wildman–Crippen LogP) is 12.9. The number of ether oxygens (including phenoxy) is 1. The Bertz CT molecular complexity index is 1370. The van der Waals surface area contributed by atoms with Gasteiger partial charge in [-0.1, -0.05) is 135 Å². The van der Waals surface area contributed by atoms with Crippen molar-refractivity contribution < 1.29 is 4.74 Å². The molecule has 59 heavy (non-hydrogen) atoms. The molecule has 3 aliphatic rings. The van der Waals surface area contributed by atoms with Crippen molar-refractivity contribution in [3.8, 4) is 0 Å². The van der Waals surface area contributed by atoms with Gasteiger partial charge in [0.2, 0.25) is 0 Å². The number of rotatable bonds is 20. The third kappa shape index (κ3) is 21.9. The summed E-state index contributed by atoms with van der Waals surface area (Å²) in [6.45, 7) is 53.0. The number of methoxy groups -OCH3 is 1. The maximum absolute atomic E-state index is 6.29. The first-order valence-electron chi connectivity index (χ1n) is 22.2. The van der Waals surface area contributed by atoms with E-state index in [2.05, 4.69) is 159 Å². The highest BCUT2D eigenvalue weighted by Crippen LogP contribution is 2.66. The van der Waals surface area contributed by atoms with E-state index in [0.717, 1.165) is 54.3 Å². The highest BCUT2D eigenvalue weighted by Gasteiger charge is 2.63. The highest BCUT2D eigenvalue weighted by atomic mass is 16.5. The second-order valence-electron chi connectivity index (χ2n) is 16.7. The molecule has 3 fully saturated rings. The summed E-state index contributed by atoms with van der Waals surface area (Å²) in [6.07, 6.45) is 15.8. The molecule has 6 atom stereocenters. The molecular weight excluding hydrogens is 723 g/mol. The molecule has 4 rings (SSSR count). The SMILES string of the molecule is C=C.C=C.C=C(C)/C=C\C(C)=C/C.C=C(N)NC.C=C(NC(CNC)C(=C)NC(CCC1CC2CC(C2(C)C)C1(C)OC)CC(C)C)c1ccc(CCCC)cc1.CC. The number of nitrogens with two attached hydrogens (primary N) is 1. The average molecular weight is 818 g/mol. The van der Waals surface area contributed by atoms with E-state index < -0.39 is 0 Å². The minimum atomic E-state index is -0.0162. The van der Waals surface area contributed by atoms with E-state index in [-0.39, 0.29) is 11.6 Å². The first kappa shape index (κ1) is 59.6. The lowest BCUT2D eigenvalue weighted by atomic mass is 9.41. The van der Waals surface area contributed by atoms with Crippen molar-refractivity contribution in [3.05, 3.63) is 129 Å². The van der Waals surface area contributed by atoms with Crippen LogP contribution in [0, 0.1) is 29.1 Å². The van der Waals surface area contributed by atoms with Crippen molar-refractivity contribution in [2.45, 2.75) is 145 Å². The lowest BCUT2D eigenvalue weighted by Gasteiger charge is -2.66. The molecule has 0 heterocycles. The third-order valence-corrected chi connectivity index (χ3v) is 11.7. The van der Waals surface area contributed by atoms with Crippen LogP contribution in [-0.2, 0) is 11.2 Å². The van der Waals surface area contributed by atoms with Gasteiger partial charge < -0.3 is 31.7 Å². The number of unbranched alkanes of at least 4 members (excludes halogenated alkanes) is 1. The minimum absolute atomic E-state index is 0.0162. The molecule has 6 N–H and O–H groups in total. The van der Waals surface area contributed by atoms with Crippen LogP contribution in [0.25, 0.3) is 5.70 Å². The first-order chi connectivity index (χ1) is 27.9. The number of hydrogen-bond donors (Lipinski definition) is 5. The number of aryl methyl sites for hydroxylation is 1. The Kier molecular flexibility index (Phi) is 33.4. The summed E-state index contributed by atoms with van der Waals surface area (Å²) in [5, 5.41) is 13.5. The number of hydrogen-bond acceptors (Lipinski definition) is 6. The topological polar surface area (TPSA) is 83.4 Å². The number of benzene rings is 1. The van der Waals surface area contributed by atoms with E-state index in [1.54, 1.807) is 7.05 Å². The summed E-state index contributed by atoms with van der Waals surface area (Å²) in [5.74, 6) is 3.26. The molecule has 0 saturated heterocycles. The van der Waals surface area contributed by atoms with Gasteiger partial charge in [-0.15, -0.1) is 26.3 Å². The van der Waals surface area contributed by atoms with Crippen molar-refractivity contribution >= 4 is 5.70 Å². The summed E-state index contributed by atoms with van der Waals surface area (Å²) in [7, 11) is 5.66. The summed E-state index contributed by atoms with van der Waals surface area (Å²) in [5.41, 5.74) is 12.3. The molecule has 0 aliphatic heterocycles. The second kappa shape index (κ2) is 33.0. The van der Waals surface area contributed by atoms with Gasteiger partial charge in [0.05, 0.1) is 17.5 Å². The van der Waals surface area contributed by atoms with Gasteiger partial charge in [0.25, 0.3) is 0 Å². The van der Waals surface area contributed by atoms with Crippen molar-refractivity contribution in [3.63, 3.8) is 0 Å². The summed E-state index contributed by atoms with van der Waals surface area (Å²) in [6, 6.07) is 9.32. The average Bonchev–Trinajstić information content (AvgIpc) is 3.23. The van der Waals surface area contributed by atoms with Crippen LogP contribution in [-0.4, -0.2) is 45.4 Å². The maximum atomic E-state index is 6.29. The number of fused-ring (bicyclic) bond motifs is 2. The highest BCUT2D eigenvalue weighted by molar-refractivity contribution is 5.62. The Morgan fingerprint density at radius 2 is 1.49 bits per heavy atom. The quantitative estimate of drug-likeness (QED) is 0.0666. The Labute approximate surface area is 367 Å². The van der Waals surface area contributed by atoms with E-state index >= 15 is 0 Å². The van der Waals surface area contributed by atoms with Crippen LogP contribution >= 0.6 is 0 Å². The summed E-state index contributed by atoms with van der Waals surface area (Å²) >= 11 is 0. The zero-order valence-corrected chi connectivity index (χ0v) is 41.0. The Morgan fingerprint density at radius 3 is 1.92 bits per heavy atom. The fourth-order valence-corrected chi connectivity index (χ4v) is 7.93. The molecule has 338 valence electrons. The normalized spacial score (nSPS) is 20.5. The monoisotopic (exact) mass is 818 g/mol. The minimum Gasteiger partial charge on any atom is -0.386 e. The Morgan fingerprint density at radius 1 is 0.932 bits per heavy atom. The molecule has 0 radical (unpaired) electrons. The molecule has 0 amide bonds. The van der Waals surface area contributed by atoms with Crippen LogP contribution in [0.15, 0.2) is 118 Å². The van der Waals surface area contributed by atoms with Crippen LogP contribution in [0.4, 0.5) is 0 Å². The summed E-state index contributed by atoms with van der Waals surface area (Å²) in [4.78, 5) is 0. The maximum Gasteiger partial charge on any atom is 0.0883 e. The molecule has 3 aliphatic carbocycles. The molecule has 0 aromatic heterocycles. The van der Waals surface area contributed by atoms with E-state index in [9.17, 15) is 0 Å². The number of likely N-dealkylation sites (N-methyl/N-ethyl adjacent to an activating group) is 1. The molecule has 2 bridgehead atoms. The van der Waals surface area contributed by atoms with Crippen LogP contribution in [0.2, 0.25) is 0 Å². The van der Waals surface area contributed by atoms with E-state index in [1.807, 2.05) is 47.9 Å². The largest absolute Gasteiger partial charge is 0.386 e. The van der Waals surface area contributed by atoms with Gasteiger partial charge in [0.15, 0.2) is 0 Å². The first-order valence-corrected chi connectivity index (χ1v) is 22.2. The summed E-state index contributed by atoms with van der Waals surface area (Å²) < 4.78 is 6.29. The Balaban J connectivity index is -0.00000131. The molecule has 6 nitrogen and oxygen atoms in total. The van der Waals surface area contributed by atoms with Crippen molar-refractivity contribution in [2.24, 2.45) is 34.8 Å². The van der Waals surface area contributed by atoms with Crippen LogP contribution in [0.1, 0.15) is 132 Å². The smallest absolute Gasteiger partial charge is 0.0883 e. The predicted molar refractivity (Wildman–Crippen MR) is 268 cm³/mol. The molecule has 1 aromatic carbocycles. The van der Waals surface area contributed by atoms with E-state index in [4.69, 9.17) is 10.5 Å². The zero-order valence-electron chi connectivity index (χ0n) is 41.0. The lowest BCUT2D eigenvalue weighted by Crippen LogP contribution is -2.65. The van der Waals surface area contributed by atoms with E-state index in [1.165, 1.54) is 43.2 Å². The number of allylic oxidation sites excluding steroid dienone is 5. The third-order valence-electron chi connectivity index (χ3n) is 11.7. The number of nitrogens with one attached hydrogen (secondary N) is 4. The van der Waals surface area contributed by atoms with Crippen LogP contribution in [0.3, 0.4) is 0 Å². The molecule has 1 aromatic rings. The fourth-order valence-electron chi connectivity index (χ4n) is 7.93. The lowest BCUT2D eigenvalue weighted by molar-refractivity contribution is -0.238. The van der Waals surface area contributed by atoms with Gasteiger partial charge in [0, 0.05) is 38.1 Å². The van der Waals surface area contributed by atoms with Gasteiger partial charge in [-0.05, 0) is 120 Å². The standard InChI is InChI=1S/C35H59N3O.C9H14.C3H8N2.C2H6.2C2H4/c1-11-12-13-27-14-16-28(17-15-27)25(4)38-32(23-36-9)26(5)37-31(20-24(2)3)19-18-29-21-30-22-33(34(30,6)7)35(29,8)39-10;1-5-9(4)7-6-8(2)3;1-3(4)5-2;3*1-2/h14-17,24,29-33,36-38H,4-5,11-13,18-23H2,1-3,6-10H3;5-7H,2H2,1,3-4H3;5H,1,4H2,2H3;1-2H3;2*1-2H2/b;7-6-,9-5-;;;;. The Hall–Kier alpha value is -3.74. The fraction of sp³-hybridized carbons (Fsp3) is 0.585. The van der Waals surface area contributed by atoms with Crippen molar-refractivity contribution in [2.75, 3.05) is 27.7 Å². The molecule has 6 heteroatoms. The van der Waals surface area contributed by atoms with Crippen molar-refractivity contribution in [1.29, 1.82) is 0 Å². The van der Waals surface area contributed by atoms with Crippen LogP contribution in [0.5, 0.6) is 0 Å². The molecular formula is C53H95N5O.